The number of ether oxygens (including phenoxy) is 1. The van der Waals surface area contributed by atoms with Gasteiger partial charge in [0.05, 0.1) is 13.2 Å². The molecule has 19 heavy (non-hydrogen) atoms. The van der Waals surface area contributed by atoms with E-state index in [1.807, 2.05) is 12.1 Å². The Morgan fingerprint density at radius 3 is 2.74 bits per heavy atom. The number of hydrogen-bond donors (Lipinski definition) is 1. The fraction of sp³-hybridized carbons (Fsp3) is 0.500. The van der Waals surface area contributed by atoms with E-state index in [0.29, 0.717) is 0 Å². The van der Waals surface area contributed by atoms with Gasteiger partial charge in [-0.3, -0.25) is 4.90 Å². The second kappa shape index (κ2) is 6.22. The van der Waals surface area contributed by atoms with Crippen molar-refractivity contribution in [3.8, 4) is 5.75 Å². The summed E-state index contributed by atoms with van der Waals surface area (Å²) in [6.07, 6.45) is 3.44. The number of rotatable bonds is 4. The van der Waals surface area contributed by atoms with Crippen LogP contribution in [0.5, 0.6) is 5.75 Å². The molecule has 2 rings (SSSR count). The van der Waals surface area contributed by atoms with Crippen LogP contribution in [-0.2, 0) is 0 Å². The number of benzene rings is 1. The molecule has 0 aromatic heterocycles. The second-order valence-corrected chi connectivity index (χ2v) is 5.38. The SMILES string of the molecule is COc1cccc(C(C(C)N)N2CC=C(C)CC2)c1. The first-order valence-corrected chi connectivity index (χ1v) is 6.91. The van der Waals surface area contributed by atoms with Crippen LogP contribution in [0.1, 0.15) is 31.9 Å². The van der Waals surface area contributed by atoms with Crippen LogP contribution < -0.4 is 10.5 Å². The first kappa shape index (κ1) is 14.1. The van der Waals surface area contributed by atoms with E-state index in [4.69, 9.17) is 10.5 Å². The van der Waals surface area contributed by atoms with Crippen LogP contribution in [0.3, 0.4) is 0 Å². The van der Waals surface area contributed by atoms with Gasteiger partial charge in [-0.25, -0.2) is 0 Å². The molecule has 2 atom stereocenters. The molecule has 0 bridgehead atoms. The van der Waals surface area contributed by atoms with Gasteiger partial charge in [0.15, 0.2) is 0 Å². The van der Waals surface area contributed by atoms with Gasteiger partial charge >= 0.3 is 0 Å². The maximum atomic E-state index is 6.22. The highest BCUT2D eigenvalue weighted by atomic mass is 16.5. The van der Waals surface area contributed by atoms with Gasteiger partial charge in [0.2, 0.25) is 0 Å². The highest BCUT2D eigenvalue weighted by Gasteiger charge is 2.25. The first-order chi connectivity index (χ1) is 9.11. The van der Waals surface area contributed by atoms with Crippen molar-refractivity contribution >= 4 is 0 Å². The Kier molecular flexibility index (Phi) is 4.61. The molecule has 3 heteroatoms. The molecule has 0 saturated carbocycles. The quantitative estimate of drug-likeness (QED) is 0.846. The summed E-state index contributed by atoms with van der Waals surface area (Å²) in [5, 5.41) is 0. The van der Waals surface area contributed by atoms with Crippen molar-refractivity contribution in [3.05, 3.63) is 41.5 Å². The Hall–Kier alpha value is -1.32. The number of hydrogen-bond acceptors (Lipinski definition) is 3. The molecule has 2 unspecified atom stereocenters. The van der Waals surface area contributed by atoms with E-state index in [1.165, 1.54) is 11.1 Å². The van der Waals surface area contributed by atoms with Crippen molar-refractivity contribution in [2.75, 3.05) is 20.2 Å². The third-order valence-corrected chi connectivity index (χ3v) is 3.79. The Bertz CT molecular complexity index is 454. The monoisotopic (exact) mass is 260 g/mol. The van der Waals surface area contributed by atoms with Gasteiger partial charge in [0.1, 0.15) is 5.75 Å². The molecule has 0 aliphatic carbocycles. The van der Waals surface area contributed by atoms with Crippen molar-refractivity contribution in [1.82, 2.24) is 4.90 Å². The lowest BCUT2D eigenvalue weighted by Gasteiger charge is -2.36. The summed E-state index contributed by atoms with van der Waals surface area (Å²) in [7, 11) is 1.70. The standard InChI is InChI=1S/C16H24N2O/c1-12-7-9-18(10-8-12)16(13(2)17)14-5-4-6-15(11-14)19-3/h4-7,11,13,16H,8-10,17H2,1-3H3. The Morgan fingerprint density at radius 1 is 1.37 bits per heavy atom. The molecule has 0 radical (unpaired) electrons. The summed E-state index contributed by atoms with van der Waals surface area (Å²) in [5.74, 6) is 0.895. The van der Waals surface area contributed by atoms with Crippen LogP contribution in [0.15, 0.2) is 35.9 Å². The Morgan fingerprint density at radius 2 is 2.16 bits per heavy atom. The van der Waals surface area contributed by atoms with Gasteiger partial charge in [-0.05, 0) is 38.0 Å². The molecule has 0 fully saturated rings. The first-order valence-electron chi connectivity index (χ1n) is 6.91. The molecular weight excluding hydrogens is 236 g/mol. The van der Waals surface area contributed by atoms with E-state index in [1.54, 1.807) is 7.11 Å². The number of methoxy groups -OCH3 is 1. The van der Waals surface area contributed by atoms with Crippen LogP contribution in [0.25, 0.3) is 0 Å². The van der Waals surface area contributed by atoms with E-state index >= 15 is 0 Å². The topological polar surface area (TPSA) is 38.5 Å². The summed E-state index contributed by atoms with van der Waals surface area (Å²) < 4.78 is 5.32. The van der Waals surface area contributed by atoms with Crippen LogP contribution in [0, 0.1) is 0 Å². The van der Waals surface area contributed by atoms with Gasteiger partial charge in [-0.1, -0.05) is 23.8 Å². The average Bonchev–Trinajstić information content (AvgIpc) is 2.41. The number of nitrogens with two attached hydrogens (primary N) is 1. The average molecular weight is 260 g/mol. The molecule has 1 aromatic rings. The van der Waals surface area contributed by atoms with Crippen molar-refractivity contribution in [1.29, 1.82) is 0 Å². The minimum Gasteiger partial charge on any atom is -0.497 e. The summed E-state index contributed by atoms with van der Waals surface area (Å²) in [6.45, 7) is 6.33. The van der Waals surface area contributed by atoms with Crippen LogP contribution in [-0.4, -0.2) is 31.1 Å². The second-order valence-electron chi connectivity index (χ2n) is 5.38. The van der Waals surface area contributed by atoms with Crippen molar-refractivity contribution in [2.24, 2.45) is 5.73 Å². The summed E-state index contributed by atoms with van der Waals surface area (Å²) >= 11 is 0. The fourth-order valence-electron chi connectivity index (χ4n) is 2.71. The van der Waals surface area contributed by atoms with E-state index in [2.05, 4.69) is 37.0 Å². The largest absolute Gasteiger partial charge is 0.497 e. The van der Waals surface area contributed by atoms with E-state index in [0.717, 1.165) is 25.3 Å². The Labute approximate surface area is 116 Å². The summed E-state index contributed by atoms with van der Waals surface area (Å²) in [6, 6.07) is 8.59. The number of nitrogens with zero attached hydrogens (tertiary/aromatic N) is 1. The summed E-state index contributed by atoms with van der Waals surface area (Å²) in [4.78, 5) is 2.45. The van der Waals surface area contributed by atoms with Gasteiger partial charge in [-0.2, -0.15) is 0 Å². The zero-order valence-electron chi connectivity index (χ0n) is 12.1. The zero-order valence-corrected chi connectivity index (χ0v) is 12.1. The maximum absolute atomic E-state index is 6.22. The molecule has 1 aliphatic heterocycles. The van der Waals surface area contributed by atoms with E-state index in [9.17, 15) is 0 Å². The normalized spacial score (nSPS) is 19.7. The van der Waals surface area contributed by atoms with Crippen LogP contribution in [0.2, 0.25) is 0 Å². The van der Waals surface area contributed by atoms with Crippen LogP contribution >= 0.6 is 0 Å². The van der Waals surface area contributed by atoms with Crippen molar-refractivity contribution < 1.29 is 4.74 Å². The maximum Gasteiger partial charge on any atom is 0.119 e. The highest BCUT2D eigenvalue weighted by Crippen LogP contribution is 2.28. The predicted octanol–water partition coefficient (Wildman–Crippen LogP) is 2.74. The third-order valence-electron chi connectivity index (χ3n) is 3.79. The molecule has 3 nitrogen and oxygen atoms in total. The highest BCUT2D eigenvalue weighted by molar-refractivity contribution is 5.31. The molecule has 1 heterocycles. The molecule has 104 valence electrons. The van der Waals surface area contributed by atoms with Gasteiger partial charge in [0.25, 0.3) is 0 Å². The van der Waals surface area contributed by atoms with E-state index < -0.39 is 0 Å². The van der Waals surface area contributed by atoms with Gasteiger partial charge in [0, 0.05) is 19.1 Å². The Balaban J connectivity index is 2.24. The lowest BCUT2D eigenvalue weighted by atomic mass is 9.96. The molecular formula is C16H24N2O. The minimum absolute atomic E-state index is 0.0962. The fourth-order valence-corrected chi connectivity index (χ4v) is 2.71. The summed E-state index contributed by atoms with van der Waals surface area (Å²) in [5.41, 5.74) is 8.94. The minimum atomic E-state index is 0.0962. The molecule has 0 saturated heterocycles. The molecule has 0 spiro atoms. The van der Waals surface area contributed by atoms with Gasteiger partial charge < -0.3 is 10.5 Å². The van der Waals surface area contributed by atoms with Crippen molar-refractivity contribution in [2.45, 2.75) is 32.4 Å². The van der Waals surface area contributed by atoms with Gasteiger partial charge in [-0.15, -0.1) is 0 Å². The van der Waals surface area contributed by atoms with Crippen LogP contribution in [0.4, 0.5) is 0 Å². The molecule has 0 amide bonds. The lowest BCUT2D eigenvalue weighted by molar-refractivity contribution is 0.190. The predicted molar refractivity (Wildman–Crippen MR) is 79.3 cm³/mol. The zero-order chi connectivity index (χ0) is 13.8. The molecule has 1 aliphatic rings. The molecule has 2 N–H and O–H groups in total. The smallest absolute Gasteiger partial charge is 0.119 e. The lowest BCUT2D eigenvalue weighted by Crippen LogP contribution is -2.41. The van der Waals surface area contributed by atoms with Crippen molar-refractivity contribution in [3.63, 3.8) is 0 Å². The third kappa shape index (κ3) is 3.37. The van der Waals surface area contributed by atoms with E-state index in [-0.39, 0.29) is 12.1 Å². The molecule has 1 aromatic carbocycles.